The quantitative estimate of drug-likeness (QED) is 0.686. The molecule has 1 saturated heterocycles. The average molecular weight is 198 g/mol. The summed E-state index contributed by atoms with van der Waals surface area (Å²) >= 11 is 0. The van der Waals surface area contributed by atoms with Crippen molar-refractivity contribution in [3.8, 4) is 0 Å². The van der Waals surface area contributed by atoms with E-state index in [1.54, 1.807) is 0 Å². The van der Waals surface area contributed by atoms with Gasteiger partial charge in [0, 0.05) is 37.8 Å². The van der Waals surface area contributed by atoms with Crippen LogP contribution in [0.3, 0.4) is 0 Å². The maximum atomic E-state index is 2.63. The fraction of sp³-hybridized carbons (Fsp3) is 1.00. The Balaban J connectivity index is 2.43. The SMILES string of the molecule is CCC(C)(C)N1CCN(C(C)C)CC1. The van der Waals surface area contributed by atoms with Crippen molar-refractivity contribution < 1.29 is 0 Å². The van der Waals surface area contributed by atoms with Gasteiger partial charge in [0.15, 0.2) is 0 Å². The van der Waals surface area contributed by atoms with Crippen LogP contribution in [0.2, 0.25) is 0 Å². The monoisotopic (exact) mass is 198 g/mol. The van der Waals surface area contributed by atoms with Crippen molar-refractivity contribution in [1.29, 1.82) is 0 Å². The third-order valence-electron chi connectivity index (χ3n) is 3.77. The minimum absolute atomic E-state index is 0.392. The Morgan fingerprint density at radius 3 is 1.93 bits per heavy atom. The molecule has 0 spiro atoms. The first-order valence-corrected chi connectivity index (χ1v) is 5.96. The second-order valence-corrected chi connectivity index (χ2v) is 5.28. The van der Waals surface area contributed by atoms with E-state index in [1.807, 2.05) is 0 Å². The highest BCUT2D eigenvalue weighted by Gasteiger charge is 2.28. The average Bonchev–Trinajstić information content (AvgIpc) is 2.18. The predicted octanol–water partition coefficient (Wildman–Crippen LogP) is 2.20. The van der Waals surface area contributed by atoms with Gasteiger partial charge in [-0.25, -0.2) is 0 Å². The van der Waals surface area contributed by atoms with Gasteiger partial charge in [0.25, 0.3) is 0 Å². The Morgan fingerprint density at radius 1 is 1.07 bits per heavy atom. The predicted molar refractivity (Wildman–Crippen MR) is 62.7 cm³/mol. The van der Waals surface area contributed by atoms with Crippen molar-refractivity contribution in [3.63, 3.8) is 0 Å². The molecule has 0 unspecified atom stereocenters. The van der Waals surface area contributed by atoms with Crippen molar-refractivity contribution in [2.45, 2.75) is 52.6 Å². The molecule has 0 aromatic heterocycles. The van der Waals surface area contributed by atoms with Crippen molar-refractivity contribution >= 4 is 0 Å². The van der Waals surface area contributed by atoms with Crippen molar-refractivity contribution in [2.24, 2.45) is 0 Å². The van der Waals surface area contributed by atoms with Gasteiger partial charge in [-0.1, -0.05) is 6.92 Å². The van der Waals surface area contributed by atoms with E-state index in [1.165, 1.54) is 32.6 Å². The highest BCUT2D eigenvalue weighted by Crippen LogP contribution is 2.20. The molecule has 1 fully saturated rings. The van der Waals surface area contributed by atoms with Crippen LogP contribution in [0, 0.1) is 0 Å². The maximum Gasteiger partial charge on any atom is 0.0151 e. The highest BCUT2D eigenvalue weighted by molar-refractivity contribution is 4.85. The molecule has 0 bridgehead atoms. The van der Waals surface area contributed by atoms with Crippen LogP contribution in [-0.2, 0) is 0 Å². The molecule has 0 N–H and O–H groups in total. The molecule has 0 atom stereocenters. The third kappa shape index (κ3) is 2.71. The molecule has 14 heavy (non-hydrogen) atoms. The van der Waals surface area contributed by atoms with E-state index in [2.05, 4.69) is 44.4 Å². The van der Waals surface area contributed by atoms with Crippen LogP contribution in [0.5, 0.6) is 0 Å². The molecule has 0 aromatic rings. The molecule has 2 nitrogen and oxygen atoms in total. The van der Waals surface area contributed by atoms with Crippen LogP contribution in [-0.4, -0.2) is 47.6 Å². The van der Waals surface area contributed by atoms with Gasteiger partial charge < -0.3 is 0 Å². The Bertz CT molecular complexity index is 167. The minimum atomic E-state index is 0.392. The normalized spacial score (nSPS) is 21.9. The zero-order chi connectivity index (χ0) is 10.8. The lowest BCUT2D eigenvalue weighted by molar-refractivity contribution is 0.0383. The van der Waals surface area contributed by atoms with E-state index in [4.69, 9.17) is 0 Å². The molecule has 1 heterocycles. The smallest absolute Gasteiger partial charge is 0.0151 e. The molecular formula is C12H26N2. The lowest BCUT2D eigenvalue weighted by atomic mass is 9.98. The summed E-state index contributed by atoms with van der Waals surface area (Å²) < 4.78 is 0. The number of hydrogen-bond acceptors (Lipinski definition) is 2. The van der Waals surface area contributed by atoms with Gasteiger partial charge in [-0.2, -0.15) is 0 Å². The molecule has 0 amide bonds. The van der Waals surface area contributed by atoms with Gasteiger partial charge in [-0.15, -0.1) is 0 Å². The second kappa shape index (κ2) is 4.63. The van der Waals surface area contributed by atoms with Gasteiger partial charge in [-0.3, -0.25) is 9.80 Å². The zero-order valence-corrected chi connectivity index (χ0v) is 10.5. The van der Waals surface area contributed by atoms with Crippen molar-refractivity contribution in [3.05, 3.63) is 0 Å². The zero-order valence-electron chi connectivity index (χ0n) is 10.5. The van der Waals surface area contributed by atoms with Gasteiger partial charge in [-0.05, 0) is 34.1 Å². The molecule has 84 valence electrons. The standard InChI is InChI=1S/C12H26N2/c1-6-12(4,5)14-9-7-13(8-10-14)11(2)3/h11H,6-10H2,1-5H3. The van der Waals surface area contributed by atoms with Crippen LogP contribution < -0.4 is 0 Å². The van der Waals surface area contributed by atoms with Crippen LogP contribution in [0.1, 0.15) is 41.0 Å². The van der Waals surface area contributed by atoms with Crippen LogP contribution in [0.25, 0.3) is 0 Å². The third-order valence-corrected chi connectivity index (χ3v) is 3.77. The second-order valence-electron chi connectivity index (χ2n) is 5.28. The molecule has 1 aliphatic rings. The van der Waals surface area contributed by atoms with E-state index in [0.717, 1.165) is 0 Å². The van der Waals surface area contributed by atoms with Gasteiger partial charge in [0.1, 0.15) is 0 Å². The Labute approximate surface area is 89.3 Å². The molecule has 1 rings (SSSR count). The maximum absolute atomic E-state index is 2.63. The molecule has 2 heteroatoms. The van der Waals surface area contributed by atoms with Gasteiger partial charge in [0.05, 0.1) is 0 Å². The highest BCUT2D eigenvalue weighted by atomic mass is 15.3. The lowest BCUT2D eigenvalue weighted by Crippen LogP contribution is -2.55. The van der Waals surface area contributed by atoms with Gasteiger partial charge in [0.2, 0.25) is 0 Å². The summed E-state index contributed by atoms with van der Waals surface area (Å²) in [5.74, 6) is 0. The lowest BCUT2D eigenvalue weighted by Gasteiger charge is -2.44. The molecule has 0 aliphatic carbocycles. The number of piperazine rings is 1. The van der Waals surface area contributed by atoms with E-state index < -0.39 is 0 Å². The number of rotatable bonds is 3. The Hall–Kier alpha value is -0.0800. The molecule has 0 radical (unpaired) electrons. The molecular weight excluding hydrogens is 172 g/mol. The van der Waals surface area contributed by atoms with Crippen molar-refractivity contribution in [2.75, 3.05) is 26.2 Å². The largest absolute Gasteiger partial charge is 0.298 e. The Morgan fingerprint density at radius 2 is 1.57 bits per heavy atom. The van der Waals surface area contributed by atoms with Crippen LogP contribution in [0.4, 0.5) is 0 Å². The van der Waals surface area contributed by atoms with E-state index in [9.17, 15) is 0 Å². The molecule has 0 saturated carbocycles. The first kappa shape index (κ1) is 12.0. The summed E-state index contributed by atoms with van der Waals surface area (Å²) in [6.07, 6.45) is 1.24. The topological polar surface area (TPSA) is 6.48 Å². The van der Waals surface area contributed by atoms with Crippen LogP contribution in [0.15, 0.2) is 0 Å². The van der Waals surface area contributed by atoms with E-state index in [-0.39, 0.29) is 0 Å². The summed E-state index contributed by atoms with van der Waals surface area (Å²) in [6, 6.07) is 0.710. The summed E-state index contributed by atoms with van der Waals surface area (Å²) in [6.45, 7) is 16.5. The fourth-order valence-corrected chi connectivity index (χ4v) is 2.07. The minimum Gasteiger partial charge on any atom is -0.298 e. The Kier molecular flexibility index (Phi) is 3.96. The van der Waals surface area contributed by atoms with Gasteiger partial charge >= 0.3 is 0 Å². The first-order valence-electron chi connectivity index (χ1n) is 5.96. The number of nitrogens with zero attached hydrogens (tertiary/aromatic N) is 2. The molecule has 0 aromatic carbocycles. The van der Waals surface area contributed by atoms with Crippen LogP contribution >= 0.6 is 0 Å². The summed E-state index contributed by atoms with van der Waals surface area (Å²) in [5.41, 5.74) is 0.392. The molecule has 1 aliphatic heterocycles. The van der Waals surface area contributed by atoms with E-state index in [0.29, 0.717) is 11.6 Å². The van der Waals surface area contributed by atoms with E-state index >= 15 is 0 Å². The summed E-state index contributed by atoms with van der Waals surface area (Å²) in [4.78, 5) is 5.20. The fourth-order valence-electron chi connectivity index (χ4n) is 2.07. The summed E-state index contributed by atoms with van der Waals surface area (Å²) in [5, 5.41) is 0. The first-order chi connectivity index (χ1) is 6.47. The summed E-state index contributed by atoms with van der Waals surface area (Å²) in [7, 11) is 0. The van der Waals surface area contributed by atoms with Crippen molar-refractivity contribution in [1.82, 2.24) is 9.80 Å². The number of hydrogen-bond donors (Lipinski definition) is 0.